The topological polar surface area (TPSA) is 50.8 Å². The molecule has 1 N–H and O–H groups in total. The van der Waals surface area contributed by atoms with E-state index in [1.54, 1.807) is 7.11 Å². The van der Waals surface area contributed by atoms with Gasteiger partial charge < -0.3 is 19.7 Å². The molecule has 5 nitrogen and oxygen atoms in total. The lowest BCUT2D eigenvalue weighted by Crippen LogP contribution is -2.57. The Balaban J connectivity index is 0.00000192. The van der Waals surface area contributed by atoms with Crippen LogP contribution in [-0.2, 0) is 4.79 Å². The Morgan fingerprint density at radius 3 is 2.91 bits per heavy atom. The van der Waals surface area contributed by atoms with Crippen LogP contribution in [0.4, 0.5) is 0 Å². The standard InChI is InChI=1S/C17H22N2O3.ClH/c1-11-12(2)19(8-7-18-11)17(20)14-9-13-5-4-6-15(21-3)16(13)22-10-14;/h4-6,9,11-12,18H,7-8,10H2,1-3H3;1H. The van der Waals surface area contributed by atoms with Crippen LogP contribution < -0.4 is 14.8 Å². The van der Waals surface area contributed by atoms with Crippen molar-refractivity contribution >= 4 is 24.4 Å². The van der Waals surface area contributed by atoms with Gasteiger partial charge in [0.2, 0.25) is 0 Å². The van der Waals surface area contributed by atoms with E-state index in [2.05, 4.69) is 19.2 Å². The van der Waals surface area contributed by atoms with Crippen LogP contribution in [0, 0.1) is 0 Å². The molecule has 3 rings (SSSR count). The van der Waals surface area contributed by atoms with E-state index >= 15 is 0 Å². The smallest absolute Gasteiger partial charge is 0.253 e. The highest BCUT2D eigenvalue weighted by molar-refractivity contribution is 5.99. The summed E-state index contributed by atoms with van der Waals surface area (Å²) in [5.74, 6) is 1.47. The normalized spacial score (nSPS) is 23.1. The van der Waals surface area contributed by atoms with Crippen molar-refractivity contribution in [1.29, 1.82) is 0 Å². The summed E-state index contributed by atoms with van der Waals surface area (Å²) in [6, 6.07) is 6.18. The van der Waals surface area contributed by atoms with Crippen LogP contribution in [0.1, 0.15) is 19.4 Å². The first-order valence-corrected chi connectivity index (χ1v) is 7.66. The molecule has 1 aromatic carbocycles. The third-order valence-corrected chi connectivity index (χ3v) is 4.50. The molecular formula is C17H23ClN2O3. The first-order valence-electron chi connectivity index (χ1n) is 7.66. The van der Waals surface area contributed by atoms with E-state index in [1.807, 2.05) is 29.2 Å². The molecule has 0 aromatic heterocycles. The van der Waals surface area contributed by atoms with Gasteiger partial charge in [-0.05, 0) is 26.0 Å². The third kappa shape index (κ3) is 3.31. The maximum absolute atomic E-state index is 12.8. The van der Waals surface area contributed by atoms with Gasteiger partial charge in [-0.2, -0.15) is 0 Å². The molecule has 1 amide bonds. The highest BCUT2D eigenvalue weighted by Gasteiger charge is 2.31. The van der Waals surface area contributed by atoms with Gasteiger partial charge in [0.05, 0.1) is 12.7 Å². The molecule has 0 aliphatic carbocycles. The number of carbonyl (C=O) groups is 1. The van der Waals surface area contributed by atoms with E-state index in [-0.39, 0.29) is 31.0 Å². The Hall–Kier alpha value is -1.72. The minimum Gasteiger partial charge on any atom is -0.493 e. The van der Waals surface area contributed by atoms with E-state index in [0.29, 0.717) is 23.1 Å². The van der Waals surface area contributed by atoms with Crippen molar-refractivity contribution in [2.45, 2.75) is 25.9 Å². The number of fused-ring (bicyclic) bond motifs is 1. The van der Waals surface area contributed by atoms with Crippen LogP contribution in [0.3, 0.4) is 0 Å². The number of halogens is 1. The summed E-state index contributed by atoms with van der Waals surface area (Å²) < 4.78 is 11.1. The van der Waals surface area contributed by atoms with Crippen molar-refractivity contribution in [1.82, 2.24) is 10.2 Å². The first kappa shape index (κ1) is 17.6. The Labute approximate surface area is 143 Å². The number of carbonyl (C=O) groups excluding carboxylic acids is 1. The second-order valence-corrected chi connectivity index (χ2v) is 5.82. The van der Waals surface area contributed by atoms with Crippen molar-refractivity contribution < 1.29 is 14.3 Å². The third-order valence-electron chi connectivity index (χ3n) is 4.50. The molecule has 6 heteroatoms. The zero-order chi connectivity index (χ0) is 15.7. The fourth-order valence-electron chi connectivity index (χ4n) is 2.99. The van der Waals surface area contributed by atoms with Crippen LogP contribution in [0.15, 0.2) is 23.8 Å². The van der Waals surface area contributed by atoms with Crippen LogP contribution in [0.5, 0.6) is 11.5 Å². The fraction of sp³-hybridized carbons (Fsp3) is 0.471. The number of hydrogen-bond acceptors (Lipinski definition) is 4. The second kappa shape index (κ2) is 7.23. The van der Waals surface area contributed by atoms with Crippen molar-refractivity contribution in [2.24, 2.45) is 0 Å². The lowest BCUT2D eigenvalue weighted by Gasteiger charge is -2.39. The molecule has 0 saturated carbocycles. The SMILES string of the molecule is COc1cccc2c1OCC(C(=O)N1CCNC(C)C1C)=C2.Cl. The predicted octanol–water partition coefficient (Wildman–Crippen LogP) is 2.10. The monoisotopic (exact) mass is 338 g/mol. The van der Waals surface area contributed by atoms with E-state index in [9.17, 15) is 4.79 Å². The molecule has 0 radical (unpaired) electrons. The number of ether oxygens (including phenoxy) is 2. The molecule has 2 aliphatic heterocycles. The Morgan fingerprint density at radius 1 is 1.39 bits per heavy atom. The average molecular weight is 339 g/mol. The number of methoxy groups -OCH3 is 1. The molecule has 2 atom stereocenters. The molecule has 2 heterocycles. The van der Waals surface area contributed by atoms with Gasteiger partial charge >= 0.3 is 0 Å². The molecule has 0 bridgehead atoms. The van der Waals surface area contributed by atoms with Gasteiger partial charge in [0.1, 0.15) is 6.61 Å². The summed E-state index contributed by atoms with van der Waals surface area (Å²) in [5, 5.41) is 3.39. The highest BCUT2D eigenvalue weighted by atomic mass is 35.5. The predicted molar refractivity (Wildman–Crippen MR) is 92.4 cm³/mol. The van der Waals surface area contributed by atoms with Crippen molar-refractivity contribution in [3.63, 3.8) is 0 Å². The van der Waals surface area contributed by atoms with Crippen LogP contribution >= 0.6 is 12.4 Å². The zero-order valence-corrected chi connectivity index (χ0v) is 14.5. The molecule has 2 unspecified atom stereocenters. The fourth-order valence-corrected chi connectivity index (χ4v) is 2.99. The first-order chi connectivity index (χ1) is 10.6. The number of piperazine rings is 1. The van der Waals surface area contributed by atoms with Crippen LogP contribution in [-0.4, -0.2) is 49.7 Å². The zero-order valence-electron chi connectivity index (χ0n) is 13.7. The van der Waals surface area contributed by atoms with Gasteiger partial charge in [-0.3, -0.25) is 4.79 Å². The van der Waals surface area contributed by atoms with Gasteiger partial charge in [0, 0.05) is 30.7 Å². The molecule has 0 spiro atoms. The molecular weight excluding hydrogens is 316 g/mol. The maximum atomic E-state index is 12.8. The van der Waals surface area contributed by atoms with Crippen LogP contribution in [0.2, 0.25) is 0 Å². The highest BCUT2D eigenvalue weighted by Crippen LogP contribution is 2.35. The number of rotatable bonds is 2. The number of nitrogens with one attached hydrogen (secondary N) is 1. The van der Waals surface area contributed by atoms with Crippen LogP contribution in [0.25, 0.3) is 6.08 Å². The molecule has 23 heavy (non-hydrogen) atoms. The molecule has 1 saturated heterocycles. The van der Waals surface area contributed by atoms with E-state index in [1.165, 1.54) is 0 Å². The Morgan fingerprint density at radius 2 is 2.17 bits per heavy atom. The summed E-state index contributed by atoms with van der Waals surface area (Å²) in [7, 11) is 1.62. The number of nitrogens with zero attached hydrogens (tertiary/aromatic N) is 1. The van der Waals surface area contributed by atoms with Crippen molar-refractivity contribution in [2.75, 3.05) is 26.8 Å². The quantitative estimate of drug-likeness (QED) is 0.897. The van der Waals surface area contributed by atoms with Gasteiger partial charge in [-0.1, -0.05) is 12.1 Å². The van der Waals surface area contributed by atoms with E-state index in [4.69, 9.17) is 9.47 Å². The lowest BCUT2D eigenvalue weighted by molar-refractivity contribution is -0.131. The van der Waals surface area contributed by atoms with Gasteiger partial charge in [-0.25, -0.2) is 0 Å². The number of benzene rings is 1. The number of hydrogen-bond donors (Lipinski definition) is 1. The lowest BCUT2D eigenvalue weighted by atomic mass is 10.0. The summed E-state index contributed by atoms with van der Waals surface area (Å²) in [6.07, 6.45) is 1.92. The summed E-state index contributed by atoms with van der Waals surface area (Å²) in [6.45, 7) is 6.03. The van der Waals surface area contributed by atoms with Gasteiger partial charge in [-0.15, -0.1) is 12.4 Å². The Bertz CT molecular complexity index is 618. The minimum absolute atomic E-state index is 0. The number of para-hydroxylation sites is 1. The van der Waals surface area contributed by atoms with Crippen molar-refractivity contribution in [3.05, 3.63) is 29.3 Å². The summed E-state index contributed by atoms with van der Waals surface area (Å²) >= 11 is 0. The molecule has 1 aromatic rings. The summed E-state index contributed by atoms with van der Waals surface area (Å²) in [5.41, 5.74) is 1.59. The second-order valence-electron chi connectivity index (χ2n) is 5.82. The Kier molecular flexibility index (Phi) is 5.55. The number of amides is 1. The molecule has 126 valence electrons. The molecule has 1 fully saturated rings. The van der Waals surface area contributed by atoms with E-state index in [0.717, 1.165) is 18.7 Å². The molecule has 2 aliphatic rings. The van der Waals surface area contributed by atoms with E-state index < -0.39 is 0 Å². The van der Waals surface area contributed by atoms with Gasteiger partial charge in [0.15, 0.2) is 11.5 Å². The minimum atomic E-state index is 0. The maximum Gasteiger partial charge on any atom is 0.253 e. The summed E-state index contributed by atoms with van der Waals surface area (Å²) in [4.78, 5) is 14.7. The van der Waals surface area contributed by atoms with Crippen molar-refractivity contribution in [3.8, 4) is 11.5 Å². The largest absolute Gasteiger partial charge is 0.493 e. The average Bonchev–Trinajstić information content (AvgIpc) is 2.55. The van der Waals surface area contributed by atoms with Gasteiger partial charge in [0.25, 0.3) is 5.91 Å².